The Morgan fingerprint density at radius 1 is 1.11 bits per heavy atom. The monoisotopic (exact) mass is 393 g/mol. The van der Waals surface area contributed by atoms with Crippen molar-refractivity contribution in [3.8, 4) is 0 Å². The minimum atomic E-state index is -3.51. The van der Waals surface area contributed by atoms with Crippen LogP contribution in [-0.2, 0) is 14.8 Å². The van der Waals surface area contributed by atoms with E-state index in [0.29, 0.717) is 25.6 Å². The summed E-state index contributed by atoms with van der Waals surface area (Å²) in [6.07, 6.45) is 7.21. The highest BCUT2D eigenvalue weighted by atomic mass is 32.2. The van der Waals surface area contributed by atoms with Crippen LogP contribution in [0.1, 0.15) is 51.9 Å². The number of carbonyl (C=O) groups is 1. The molecule has 0 aliphatic carbocycles. The van der Waals surface area contributed by atoms with E-state index >= 15 is 0 Å². The van der Waals surface area contributed by atoms with Crippen molar-refractivity contribution in [3.05, 3.63) is 24.3 Å². The van der Waals surface area contributed by atoms with Crippen LogP contribution < -0.4 is 9.62 Å². The van der Waals surface area contributed by atoms with Gasteiger partial charge in [0, 0.05) is 31.2 Å². The van der Waals surface area contributed by atoms with Gasteiger partial charge in [0.05, 0.1) is 4.90 Å². The van der Waals surface area contributed by atoms with E-state index in [2.05, 4.69) is 16.5 Å². The van der Waals surface area contributed by atoms with E-state index in [0.717, 1.165) is 38.0 Å². The van der Waals surface area contributed by atoms with Gasteiger partial charge in [0.25, 0.3) is 0 Å². The van der Waals surface area contributed by atoms with E-state index in [4.69, 9.17) is 0 Å². The van der Waals surface area contributed by atoms with Crippen LogP contribution >= 0.6 is 0 Å². The van der Waals surface area contributed by atoms with Gasteiger partial charge >= 0.3 is 0 Å². The van der Waals surface area contributed by atoms with Crippen molar-refractivity contribution in [2.24, 2.45) is 0 Å². The van der Waals surface area contributed by atoms with Gasteiger partial charge < -0.3 is 9.80 Å². The molecule has 0 bridgehead atoms. The summed E-state index contributed by atoms with van der Waals surface area (Å²) < 4.78 is 27.7. The quantitative estimate of drug-likeness (QED) is 0.690. The molecule has 0 unspecified atom stereocenters. The van der Waals surface area contributed by atoms with E-state index in [1.807, 2.05) is 0 Å². The molecule has 27 heavy (non-hydrogen) atoms. The van der Waals surface area contributed by atoms with Gasteiger partial charge in [-0.05, 0) is 69.5 Å². The van der Waals surface area contributed by atoms with E-state index < -0.39 is 10.0 Å². The van der Waals surface area contributed by atoms with E-state index in [1.165, 1.54) is 19.3 Å². The molecule has 1 atom stereocenters. The molecule has 3 rings (SSSR count). The van der Waals surface area contributed by atoms with Gasteiger partial charge in [0.15, 0.2) is 0 Å². The van der Waals surface area contributed by atoms with Crippen LogP contribution in [-0.4, -0.2) is 51.4 Å². The van der Waals surface area contributed by atoms with Crippen LogP contribution in [0, 0.1) is 0 Å². The molecule has 2 aliphatic heterocycles. The molecule has 2 saturated heterocycles. The number of carbonyl (C=O) groups excluding carboxylic acids is 1. The Morgan fingerprint density at radius 2 is 1.89 bits per heavy atom. The second-order valence-electron chi connectivity index (χ2n) is 7.49. The third-order valence-electron chi connectivity index (χ3n) is 5.67. The summed E-state index contributed by atoms with van der Waals surface area (Å²) in [5.41, 5.74) is 0.771. The molecule has 0 radical (unpaired) electrons. The summed E-state index contributed by atoms with van der Waals surface area (Å²) in [7, 11) is -3.51. The van der Waals surface area contributed by atoms with Crippen LogP contribution in [0.5, 0.6) is 0 Å². The third kappa shape index (κ3) is 5.09. The Balaban J connectivity index is 1.50. The molecule has 0 saturated carbocycles. The number of anilines is 1. The highest BCUT2D eigenvalue weighted by Crippen LogP contribution is 2.23. The molecule has 2 fully saturated rings. The summed E-state index contributed by atoms with van der Waals surface area (Å²) in [5, 5.41) is 0. The first-order chi connectivity index (χ1) is 13.0. The maximum Gasteiger partial charge on any atom is 0.240 e. The average Bonchev–Trinajstić information content (AvgIpc) is 3.11. The topological polar surface area (TPSA) is 69.7 Å². The Kier molecular flexibility index (Phi) is 6.89. The number of nitrogens with zero attached hydrogens (tertiary/aromatic N) is 2. The first-order valence-electron chi connectivity index (χ1n) is 10.2. The highest BCUT2D eigenvalue weighted by molar-refractivity contribution is 7.89. The number of benzene rings is 1. The smallest absolute Gasteiger partial charge is 0.240 e. The molecule has 1 amide bonds. The Hall–Kier alpha value is -1.44. The van der Waals surface area contributed by atoms with Crippen LogP contribution in [0.3, 0.4) is 0 Å². The molecule has 2 aliphatic rings. The lowest BCUT2D eigenvalue weighted by Crippen LogP contribution is -2.40. The number of hydrogen-bond acceptors (Lipinski definition) is 4. The minimum Gasteiger partial charge on any atom is -0.312 e. The zero-order valence-corrected chi connectivity index (χ0v) is 17.0. The van der Waals surface area contributed by atoms with Crippen LogP contribution in [0.15, 0.2) is 29.2 Å². The zero-order chi connectivity index (χ0) is 19.3. The van der Waals surface area contributed by atoms with Gasteiger partial charge in [0.2, 0.25) is 15.9 Å². The molecule has 1 N–H and O–H groups in total. The summed E-state index contributed by atoms with van der Waals surface area (Å²) in [4.78, 5) is 16.3. The number of piperidine rings is 1. The number of nitrogens with one attached hydrogen (secondary N) is 1. The molecular formula is C20H31N3O3S. The Morgan fingerprint density at radius 3 is 2.56 bits per heavy atom. The second kappa shape index (κ2) is 9.17. The fraction of sp³-hybridized carbons (Fsp3) is 0.650. The molecule has 6 nitrogen and oxygen atoms in total. The van der Waals surface area contributed by atoms with Crippen molar-refractivity contribution >= 4 is 21.6 Å². The van der Waals surface area contributed by atoms with Crippen molar-refractivity contribution in [3.63, 3.8) is 0 Å². The Labute approximate surface area is 163 Å². The number of amides is 1. The van der Waals surface area contributed by atoms with Crippen LogP contribution in [0.4, 0.5) is 5.69 Å². The van der Waals surface area contributed by atoms with Gasteiger partial charge in [-0.2, -0.15) is 0 Å². The van der Waals surface area contributed by atoms with Gasteiger partial charge in [-0.1, -0.05) is 13.3 Å². The molecule has 2 heterocycles. The standard InChI is InChI=1S/C20H31N3O3S/c1-2-17-7-3-4-14-22(17)15-6-13-21-27(25,26)19-11-9-18(10-12-19)23-16-5-8-20(23)24/h9-12,17,21H,2-8,13-16H2,1H3/t17-/m1/s1. The van der Waals surface area contributed by atoms with Crippen LogP contribution in [0.2, 0.25) is 0 Å². The molecule has 0 aromatic heterocycles. The number of likely N-dealkylation sites (tertiary alicyclic amines) is 1. The lowest BCUT2D eigenvalue weighted by Gasteiger charge is -2.35. The zero-order valence-electron chi connectivity index (χ0n) is 16.2. The number of sulfonamides is 1. The molecule has 150 valence electrons. The van der Waals surface area contributed by atoms with Crippen molar-refractivity contribution in [1.29, 1.82) is 0 Å². The van der Waals surface area contributed by atoms with E-state index in [-0.39, 0.29) is 10.8 Å². The maximum absolute atomic E-state index is 12.5. The van der Waals surface area contributed by atoms with Crippen molar-refractivity contribution < 1.29 is 13.2 Å². The summed E-state index contributed by atoms with van der Waals surface area (Å²) in [5.74, 6) is 0.104. The minimum absolute atomic E-state index is 0.104. The van der Waals surface area contributed by atoms with Gasteiger partial charge in [0.1, 0.15) is 0 Å². The molecule has 1 aromatic rings. The van der Waals surface area contributed by atoms with Crippen molar-refractivity contribution in [2.45, 2.75) is 62.8 Å². The predicted molar refractivity (Wildman–Crippen MR) is 107 cm³/mol. The molecule has 1 aromatic carbocycles. The largest absolute Gasteiger partial charge is 0.312 e. The fourth-order valence-corrected chi connectivity index (χ4v) is 5.19. The van der Waals surface area contributed by atoms with Crippen molar-refractivity contribution in [1.82, 2.24) is 9.62 Å². The van der Waals surface area contributed by atoms with Crippen LogP contribution in [0.25, 0.3) is 0 Å². The first-order valence-corrected chi connectivity index (χ1v) is 11.6. The van der Waals surface area contributed by atoms with Gasteiger partial charge in [-0.3, -0.25) is 4.79 Å². The number of rotatable bonds is 8. The first kappa shape index (κ1) is 20.3. The summed E-state index contributed by atoms with van der Waals surface area (Å²) in [6, 6.07) is 7.26. The molecular weight excluding hydrogens is 362 g/mol. The SMILES string of the molecule is CC[C@@H]1CCCCN1CCCNS(=O)(=O)c1ccc(N2CCCC2=O)cc1. The average molecular weight is 394 g/mol. The lowest BCUT2D eigenvalue weighted by atomic mass is 10.00. The summed E-state index contributed by atoms with van der Waals surface area (Å²) in [6.45, 7) is 5.45. The molecule has 7 heteroatoms. The molecule has 0 spiro atoms. The normalized spacial score (nSPS) is 21.7. The number of hydrogen-bond donors (Lipinski definition) is 1. The Bertz CT molecular complexity index is 733. The third-order valence-corrected chi connectivity index (χ3v) is 7.14. The van der Waals surface area contributed by atoms with Gasteiger partial charge in [-0.25, -0.2) is 13.1 Å². The summed E-state index contributed by atoms with van der Waals surface area (Å²) >= 11 is 0. The highest BCUT2D eigenvalue weighted by Gasteiger charge is 2.23. The van der Waals surface area contributed by atoms with E-state index in [1.54, 1.807) is 29.2 Å². The predicted octanol–water partition coefficient (Wildman–Crippen LogP) is 2.75. The van der Waals surface area contributed by atoms with Gasteiger partial charge in [-0.15, -0.1) is 0 Å². The van der Waals surface area contributed by atoms with E-state index in [9.17, 15) is 13.2 Å². The van der Waals surface area contributed by atoms with Crippen molar-refractivity contribution in [2.75, 3.05) is 31.1 Å². The fourth-order valence-electron chi connectivity index (χ4n) is 4.12. The maximum atomic E-state index is 12.5. The lowest BCUT2D eigenvalue weighted by molar-refractivity contribution is -0.117. The second-order valence-corrected chi connectivity index (χ2v) is 9.25.